The topological polar surface area (TPSA) is 48.7 Å². The van der Waals surface area contributed by atoms with Gasteiger partial charge in [0.2, 0.25) is 0 Å². The normalized spacial score (nSPS) is 10.4. The highest BCUT2D eigenvalue weighted by Crippen LogP contribution is 2.31. The molecule has 0 aliphatic carbocycles. The first-order chi connectivity index (χ1) is 9.52. The molecule has 0 fully saturated rings. The first-order valence-electron chi connectivity index (χ1n) is 6.45. The number of hydrogen-bond donors (Lipinski definition) is 1. The highest BCUT2D eigenvalue weighted by atomic mass is 79.9. The number of aryl methyl sites for hydroxylation is 1. The Kier molecular flexibility index (Phi) is 4.41. The Bertz CT molecular complexity index is 672. The molecule has 3 nitrogen and oxygen atoms in total. The van der Waals surface area contributed by atoms with Gasteiger partial charge in [-0.25, -0.2) is 4.98 Å². The summed E-state index contributed by atoms with van der Waals surface area (Å²) in [5.41, 5.74) is 3.93. The second-order valence-corrected chi connectivity index (χ2v) is 5.90. The quantitative estimate of drug-likeness (QED) is 0.871. The van der Waals surface area contributed by atoms with Crippen molar-refractivity contribution in [3.05, 3.63) is 51.6 Å². The minimum atomic E-state index is 0.401. The van der Waals surface area contributed by atoms with E-state index in [4.69, 9.17) is 0 Å². The molecule has 0 saturated carbocycles. The van der Waals surface area contributed by atoms with E-state index in [1.165, 1.54) is 5.56 Å². The van der Waals surface area contributed by atoms with Gasteiger partial charge in [0.1, 0.15) is 11.9 Å². The second kappa shape index (κ2) is 6.06. The van der Waals surface area contributed by atoms with Gasteiger partial charge < -0.3 is 5.32 Å². The number of nitriles is 1. The van der Waals surface area contributed by atoms with E-state index in [1.807, 2.05) is 0 Å². The molecule has 1 aromatic heterocycles. The molecule has 1 aromatic carbocycles. The molecule has 2 aromatic rings. The molecule has 0 unspecified atom stereocenters. The van der Waals surface area contributed by atoms with E-state index in [0.717, 1.165) is 15.7 Å². The fourth-order valence-electron chi connectivity index (χ4n) is 2.08. The highest BCUT2D eigenvalue weighted by molar-refractivity contribution is 9.10. The summed E-state index contributed by atoms with van der Waals surface area (Å²) in [4.78, 5) is 4.31. The summed E-state index contributed by atoms with van der Waals surface area (Å²) in [6, 6.07) is 10.1. The maximum Gasteiger partial charge on any atom is 0.148 e. The molecule has 1 heterocycles. The number of hydrogen-bond acceptors (Lipinski definition) is 3. The third-order valence-corrected chi connectivity index (χ3v) is 3.58. The maximum atomic E-state index is 9.22. The van der Waals surface area contributed by atoms with Crippen LogP contribution in [0.5, 0.6) is 0 Å². The van der Waals surface area contributed by atoms with Gasteiger partial charge in [0, 0.05) is 16.4 Å². The van der Waals surface area contributed by atoms with Gasteiger partial charge in [-0.1, -0.05) is 32.0 Å². The van der Waals surface area contributed by atoms with E-state index >= 15 is 0 Å². The molecule has 4 heteroatoms. The summed E-state index contributed by atoms with van der Waals surface area (Å²) in [6.45, 7) is 6.36. The number of anilines is 2. The number of benzene rings is 1. The lowest BCUT2D eigenvalue weighted by atomic mass is 9.98. The summed E-state index contributed by atoms with van der Waals surface area (Å²) in [6.07, 6.45) is 1.69. The van der Waals surface area contributed by atoms with Crippen molar-refractivity contribution in [2.75, 3.05) is 5.32 Å². The van der Waals surface area contributed by atoms with Crippen LogP contribution in [0.2, 0.25) is 0 Å². The lowest BCUT2D eigenvalue weighted by Crippen LogP contribution is -2.03. The molecule has 0 bridgehead atoms. The van der Waals surface area contributed by atoms with E-state index < -0.39 is 0 Å². The average Bonchev–Trinajstić information content (AvgIpc) is 2.42. The molecule has 0 radical (unpaired) electrons. The predicted octanol–water partition coefficient (Wildman–Crippen LogP) is 4.89. The Morgan fingerprint density at radius 2 is 2.10 bits per heavy atom. The Morgan fingerprint density at radius 1 is 1.35 bits per heavy atom. The first kappa shape index (κ1) is 14.5. The van der Waals surface area contributed by atoms with Crippen LogP contribution in [-0.4, -0.2) is 4.98 Å². The van der Waals surface area contributed by atoms with E-state index in [2.05, 4.69) is 71.3 Å². The fraction of sp³-hybridized carbons (Fsp3) is 0.250. The second-order valence-electron chi connectivity index (χ2n) is 4.98. The molecule has 0 atom stereocenters. The monoisotopic (exact) mass is 329 g/mol. The van der Waals surface area contributed by atoms with Crippen molar-refractivity contribution >= 4 is 27.4 Å². The lowest BCUT2D eigenvalue weighted by Gasteiger charge is -2.17. The van der Waals surface area contributed by atoms with Crippen LogP contribution in [-0.2, 0) is 0 Å². The van der Waals surface area contributed by atoms with Gasteiger partial charge in [0.25, 0.3) is 0 Å². The Morgan fingerprint density at radius 3 is 2.75 bits per heavy atom. The van der Waals surface area contributed by atoms with Crippen molar-refractivity contribution < 1.29 is 0 Å². The standard InChI is InChI=1S/C16H16BrN3/c1-10(2)14-6-4-5-11(3)15(14)20-16-12(8-18)7-13(17)9-19-16/h4-7,9-10H,1-3H3,(H,19,20). The van der Waals surface area contributed by atoms with Crippen molar-refractivity contribution in [1.82, 2.24) is 4.98 Å². The number of para-hydroxylation sites is 1. The van der Waals surface area contributed by atoms with Crippen LogP contribution in [0.1, 0.15) is 36.5 Å². The van der Waals surface area contributed by atoms with Gasteiger partial charge in [-0.2, -0.15) is 5.26 Å². The average molecular weight is 330 g/mol. The van der Waals surface area contributed by atoms with Crippen molar-refractivity contribution in [2.24, 2.45) is 0 Å². The molecule has 0 saturated heterocycles. The van der Waals surface area contributed by atoms with Crippen LogP contribution in [0.15, 0.2) is 34.9 Å². The summed E-state index contributed by atoms with van der Waals surface area (Å²) in [5.74, 6) is 0.991. The van der Waals surface area contributed by atoms with Crippen LogP contribution < -0.4 is 5.32 Å². The van der Waals surface area contributed by atoms with E-state index in [-0.39, 0.29) is 0 Å². The van der Waals surface area contributed by atoms with Crippen LogP contribution in [0.3, 0.4) is 0 Å². The van der Waals surface area contributed by atoms with E-state index in [9.17, 15) is 5.26 Å². The smallest absolute Gasteiger partial charge is 0.148 e. The molecule has 0 spiro atoms. The van der Waals surface area contributed by atoms with Gasteiger partial charge >= 0.3 is 0 Å². The van der Waals surface area contributed by atoms with Gasteiger partial charge in [-0.15, -0.1) is 0 Å². The van der Waals surface area contributed by atoms with Crippen molar-refractivity contribution in [2.45, 2.75) is 26.7 Å². The summed E-state index contributed by atoms with van der Waals surface area (Å²) in [7, 11) is 0. The zero-order chi connectivity index (χ0) is 14.7. The molecule has 1 N–H and O–H groups in total. The van der Waals surface area contributed by atoms with Gasteiger partial charge in [-0.05, 0) is 46.0 Å². The third kappa shape index (κ3) is 3.00. The summed E-state index contributed by atoms with van der Waals surface area (Å²) in [5, 5.41) is 12.5. The zero-order valence-electron chi connectivity index (χ0n) is 11.7. The van der Waals surface area contributed by atoms with Crippen LogP contribution in [0.25, 0.3) is 0 Å². The molecule has 20 heavy (non-hydrogen) atoms. The number of rotatable bonds is 3. The minimum absolute atomic E-state index is 0.401. The molecular weight excluding hydrogens is 314 g/mol. The maximum absolute atomic E-state index is 9.22. The first-order valence-corrected chi connectivity index (χ1v) is 7.24. The number of pyridine rings is 1. The SMILES string of the molecule is Cc1cccc(C(C)C)c1Nc1ncc(Br)cc1C#N. The molecule has 102 valence electrons. The largest absolute Gasteiger partial charge is 0.339 e. The fourth-order valence-corrected chi connectivity index (χ4v) is 2.42. The Hall–Kier alpha value is -1.86. The highest BCUT2D eigenvalue weighted by Gasteiger charge is 2.12. The minimum Gasteiger partial charge on any atom is -0.339 e. The number of halogens is 1. The van der Waals surface area contributed by atoms with Crippen molar-refractivity contribution in [3.63, 3.8) is 0 Å². The van der Waals surface area contributed by atoms with E-state index in [1.54, 1.807) is 12.3 Å². The molecule has 0 aliphatic heterocycles. The molecular formula is C16H16BrN3. The van der Waals surface area contributed by atoms with E-state index in [0.29, 0.717) is 17.3 Å². The number of nitrogens with zero attached hydrogens (tertiary/aromatic N) is 2. The number of nitrogens with one attached hydrogen (secondary N) is 1. The molecule has 0 amide bonds. The van der Waals surface area contributed by atoms with Crippen LogP contribution >= 0.6 is 15.9 Å². The van der Waals surface area contributed by atoms with Crippen molar-refractivity contribution in [1.29, 1.82) is 5.26 Å². The number of aromatic nitrogens is 1. The Labute approximate surface area is 127 Å². The van der Waals surface area contributed by atoms with Gasteiger partial charge in [0.15, 0.2) is 0 Å². The molecule has 0 aliphatic rings. The van der Waals surface area contributed by atoms with Crippen LogP contribution in [0, 0.1) is 18.3 Å². The van der Waals surface area contributed by atoms with Gasteiger partial charge in [0.05, 0.1) is 5.56 Å². The summed E-state index contributed by atoms with van der Waals surface area (Å²) < 4.78 is 0.800. The third-order valence-electron chi connectivity index (χ3n) is 3.15. The van der Waals surface area contributed by atoms with Gasteiger partial charge in [-0.3, -0.25) is 0 Å². The van der Waals surface area contributed by atoms with Crippen LogP contribution in [0.4, 0.5) is 11.5 Å². The van der Waals surface area contributed by atoms with Crippen molar-refractivity contribution in [3.8, 4) is 6.07 Å². The lowest BCUT2D eigenvalue weighted by molar-refractivity contribution is 0.867. The zero-order valence-corrected chi connectivity index (χ0v) is 13.3. The predicted molar refractivity (Wildman–Crippen MR) is 85.2 cm³/mol. The Balaban J connectivity index is 2.48. The molecule has 2 rings (SSSR count). The summed E-state index contributed by atoms with van der Waals surface area (Å²) >= 11 is 3.33.